The number of ether oxygens (including phenoxy) is 2. The van der Waals surface area contributed by atoms with Crippen molar-refractivity contribution in [2.24, 2.45) is 0 Å². The molecular weight excluding hydrogens is 337 g/mol. The molecule has 7 heteroatoms. The van der Waals surface area contributed by atoms with Gasteiger partial charge in [0.1, 0.15) is 11.6 Å². The number of halogens is 1. The number of piperidine rings is 1. The van der Waals surface area contributed by atoms with E-state index in [1.807, 2.05) is 6.07 Å². The minimum absolute atomic E-state index is 0.277. The van der Waals surface area contributed by atoms with Gasteiger partial charge in [-0.2, -0.15) is 0 Å². The maximum Gasteiger partial charge on any atom is 0.257 e. The maximum atomic E-state index is 12.9. The molecular formula is C19H20FN3O3. The number of hydrogen-bond acceptors (Lipinski definition) is 5. The molecule has 2 aromatic rings. The van der Waals surface area contributed by atoms with E-state index in [-0.39, 0.29) is 11.7 Å². The predicted octanol–water partition coefficient (Wildman–Crippen LogP) is 2.82. The van der Waals surface area contributed by atoms with Gasteiger partial charge in [0.15, 0.2) is 5.79 Å². The number of nitrogens with one attached hydrogen (secondary N) is 1. The van der Waals surface area contributed by atoms with Crippen molar-refractivity contribution in [3.05, 3.63) is 54.0 Å². The summed E-state index contributed by atoms with van der Waals surface area (Å²) in [6.45, 7) is 2.93. The van der Waals surface area contributed by atoms with Crippen LogP contribution in [0.2, 0.25) is 0 Å². The van der Waals surface area contributed by atoms with Crippen molar-refractivity contribution in [1.82, 2.24) is 4.98 Å². The summed E-state index contributed by atoms with van der Waals surface area (Å²) in [6, 6.07) is 9.23. The average Bonchev–Trinajstić information content (AvgIpc) is 3.12. The minimum atomic E-state index is -0.411. The van der Waals surface area contributed by atoms with Crippen LogP contribution < -0.4 is 10.2 Å². The molecule has 136 valence electrons. The number of carbonyl (C=O) groups excluding carboxylic acids is 1. The van der Waals surface area contributed by atoms with Gasteiger partial charge in [-0.1, -0.05) is 0 Å². The Morgan fingerprint density at radius 2 is 1.77 bits per heavy atom. The molecule has 6 nitrogen and oxygen atoms in total. The van der Waals surface area contributed by atoms with Crippen LogP contribution in [0.1, 0.15) is 23.2 Å². The molecule has 0 unspecified atom stereocenters. The van der Waals surface area contributed by atoms with E-state index in [0.29, 0.717) is 24.5 Å². The molecule has 26 heavy (non-hydrogen) atoms. The number of amides is 1. The summed E-state index contributed by atoms with van der Waals surface area (Å²) in [5, 5.41) is 2.73. The molecule has 2 aliphatic heterocycles. The van der Waals surface area contributed by atoms with E-state index in [2.05, 4.69) is 15.2 Å². The van der Waals surface area contributed by atoms with Gasteiger partial charge in [0.05, 0.1) is 18.8 Å². The first-order chi connectivity index (χ1) is 12.6. The Balaban J connectivity index is 1.37. The van der Waals surface area contributed by atoms with Crippen LogP contribution in [0.3, 0.4) is 0 Å². The molecule has 0 saturated carbocycles. The average molecular weight is 357 g/mol. The number of carbonyl (C=O) groups is 1. The van der Waals surface area contributed by atoms with E-state index in [9.17, 15) is 9.18 Å². The molecule has 1 N–H and O–H groups in total. The largest absolute Gasteiger partial charge is 0.356 e. The van der Waals surface area contributed by atoms with Crippen molar-refractivity contribution in [1.29, 1.82) is 0 Å². The first-order valence-corrected chi connectivity index (χ1v) is 8.69. The van der Waals surface area contributed by atoms with Gasteiger partial charge >= 0.3 is 0 Å². The second-order valence-electron chi connectivity index (χ2n) is 6.46. The number of nitrogens with zero attached hydrogens (tertiary/aromatic N) is 2. The number of benzene rings is 1. The lowest BCUT2D eigenvalue weighted by Gasteiger charge is -2.38. The fourth-order valence-corrected chi connectivity index (χ4v) is 3.31. The molecule has 1 spiro atoms. The van der Waals surface area contributed by atoms with Crippen molar-refractivity contribution in [3.63, 3.8) is 0 Å². The molecule has 1 amide bonds. The third kappa shape index (κ3) is 3.54. The van der Waals surface area contributed by atoms with E-state index < -0.39 is 5.79 Å². The van der Waals surface area contributed by atoms with Crippen LogP contribution in [-0.2, 0) is 9.47 Å². The standard InChI is InChI=1S/C19H20FN3O3/c20-15-2-4-16(5-3-15)22-18(24)14-1-6-17(21-13-14)23-9-7-19(8-10-23)25-11-12-26-19/h1-6,13H,7-12H2,(H,22,24). The van der Waals surface area contributed by atoms with Gasteiger partial charge in [-0.3, -0.25) is 4.79 Å². The highest BCUT2D eigenvalue weighted by Gasteiger charge is 2.39. The number of hydrogen-bond donors (Lipinski definition) is 1. The van der Waals surface area contributed by atoms with Crippen LogP contribution in [0.25, 0.3) is 0 Å². The van der Waals surface area contributed by atoms with Crippen molar-refractivity contribution in [2.45, 2.75) is 18.6 Å². The quantitative estimate of drug-likeness (QED) is 0.915. The Morgan fingerprint density at radius 3 is 2.38 bits per heavy atom. The second-order valence-corrected chi connectivity index (χ2v) is 6.46. The third-order valence-corrected chi connectivity index (χ3v) is 4.77. The van der Waals surface area contributed by atoms with Crippen LogP contribution >= 0.6 is 0 Å². The first kappa shape index (κ1) is 16.9. The maximum absolute atomic E-state index is 12.9. The third-order valence-electron chi connectivity index (χ3n) is 4.77. The van der Waals surface area contributed by atoms with Gasteiger partial charge in [0, 0.05) is 37.8 Å². The SMILES string of the molecule is O=C(Nc1ccc(F)cc1)c1ccc(N2CCC3(CC2)OCCO3)nc1. The molecule has 0 aliphatic carbocycles. The molecule has 0 bridgehead atoms. The Hall–Kier alpha value is -2.51. The first-order valence-electron chi connectivity index (χ1n) is 8.69. The summed E-state index contributed by atoms with van der Waals surface area (Å²) in [7, 11) is 0. The normalized spacial score (nSPS) is 18.9. The zero-order chi connectivity index (χ0) is 18.0. The Kier molecular flexibility index (Phi) is 4.57. The van der Waals surface area contributed by atoms with Gasteiger partial charge in [0.2, 0.25) is 0 Å². The van der Waals surface area contributed by atoms with E-state index in [0.717, 1.165) is 31.7 Å². The summed E-state index contributed by atoms with van der Waals surface area (Å²) in [5.74, 6) is -0.200. The predicted molar refractivity (Wildman–Crippen MR) is 94.7 cm³/mol. The summed E-state index contributed by atoms with van der Waals surface area (Å²) in [4.78, 5) is 18.8. The number of aromatic nitrogens is 1. The summed E-state index contributed by atoms with van der Waals surface area (Å²) in [5.41, 5.74) is 0.993. The number of pyridine rings is 1. The van der Waals surface area contributed by atoms with Crippen molar-refractivity contribution in [2.75, 3.05) is 36.5 Å². The molecule has 3 heterocycles. The Bertz CT molecular complexity index is 764. The fraction of sp³-hybridized carbons (Fsp3) is 0.368. The van der Waals surface area contributed by atoms with Crippen molar-refractivity contribution in [3.8, 4) is 0 Å². The van der Waals surface area contributed by atoms with Gasteiger partial charge < -0.3 is 19.7 Å². The van der Waals surface area contributed by atoms with Crippen molar-refractivity contribution >= 4 is 17.4 Å². The Labute approximate surface area is 150 Å². The zero-order valence-corrected chi connectivity index (χ0v) is 14.3. The number of rotatable bonds is 3. The van der Waals surface area contributed by atoms with E-state index in [4.69, 9.17) is 9.47 Å². The second kappa shape index (κ2) is 7.01. The minimum Gasteiger partial charge on any atom is -0.356 e. The summed E-state index contributed by atoms with van der Waals surface area (Å²) < 4.78 is 24.4. The van der Waals surface area contributed by atoms with Crippen LogP contribution in [0.5, 0.6) is 0 Å². The van der Waals surface area contributed by atoms with Gasteiger partial charge in [-0.15, -0.1) is 0 Å². The molecule has 2 aliphatic rings. The molecule has 1 aromatic carbocycles. The molecule has 0 radical (unpaired) electrons. The lowest BCUT2D eigenvalue weighted by atomic mass is 10.0. The van der Waals surface area contributed by atoms with E-state index in [1.54, 1.807) is 12.3 Å². The van der Waals surface area contributed by atoms with Crippen LogP contribution in [0.4, 0.5) is 15.9 Å². The molecule has 2 fully saturated rings. The fourth-order valence-electron chi connectivity index (χ4n) is 3.31. The van der Waals surface area contributed by atoms with Gasteiger partial charge in [0.25, 0.3) is 5.91 Å². The van der Waals surface area contributed by atoms with Gasteiger partial charge in [-0.05, 0) is 36.4 Å². The topological polar surface area (TPSA) is 63.7 Å². The molecule has 2 saturated heterocycles. The van der Waals surface area contributed by atoms with Crippen molar-refractivity contribution < 1.29 is 18.7 Å². The highest BCUT2D eigenvalue weighted by Crippen LogP contribution is 2.32. The molecule has 1 aromatic heterocycles. The van der Waals surface area contributed by atoms with E-state index in [1.165, 1.54) is 24.3 Å². The highest BCUT2D eigenvalue weighted by molar-refractivity contribution is 6.04. The van der Waals surface area contributed by atoms with Crippen LogP contribution in [0.15, 0.2) is 42.6 Å². The lowest BCUT2D eigenvalue weighted by molar-refractivity contribution is -0.169. The van der Waals surface area contributed by atoms with E-state index >= 15 is 0 Å². The lowest BCUT2D eigenvalue weighted by Crippen LogP contribution is -2.45. The monoisotopic (exact) mass is 357 g/mol. The highest BCUT2D eigenvalue weighted by atomic mass is 19.1. The van der Waals surface area contributed by atoms with Gasteiger partial charge in [-0.25, -0.2) is 9.37 Å². The van der Waals surface area contributed by atoms with Crippen LogP contribution in [0, 0.1) is 5.82 Å². The van der Waals surface area contributed by atoms with Crippen LogP contribution in [-0.4, -0.2) is 43.0 Å². The summed E-state index contributed by atoms with van der Waals surface area (Å²) in [6.07, 6.45) is 3.17. The smallest absolute Gasteiger partial charge is 0.257 e. The summed E-state index contributed by atoms with van der Waals surface area (Å²) >= 11 is 0. The molecule has 4 rings (SSSR count). The zero-order valence-electron chi connectivity index (χ0n) is 14.3. The Morgan fingerprint density at radius 1 is 1.08 bits per heavy atom. The number of anilines is 2. The molecule has 0 atom stereocenters.